The Bertz CT molecular complexity index is 465. The maximum Gasteiger partial charge on any atom is 0.307 e. The number of esters is 1. The Labute approximate surface area is 126 Å². The number of carbonyl (C=O) groups is 1. The van der Waals surface area contributed by atoms with Crippen LogP contribution in [0.5, 0.6) is 5.88 Å². The molecule has 1 saturated heterocycles. The molecule has 5 heteroatoms. The number of ether oxygens (including phenoxy) is 2. The first-order valence-corrected chi connectivity index (χ1v) is 7.62. The van der Waals surface area contributed by atoms with Gasteiger partial charge in [-0.1, -0.05) is 12.5 Å². The highest BCUT2D eigenvalue weighted by atomic mass is 16.5. The second-order valence-electron chi connectivity index (χ2n) is 5.30. The molecule has 2 heterocycles. The van der Waals surface area contributed by atoms with Crippen LogP contribution in [0.4, 0.5) is 0 Å². The van der Waals surface area contributed by atoms with Gasteiger partial charge in [0.2, 0.25) is 5.88 Å². The van der Waals surface area contributed by atoms with Crippen LogP contribution in [0.25, 0.3) is 0 Å². The average Bonchev–Trinajstić information content (AvgIpc) is 2.50. The van der Waals surface area contributed by atoms with Gasteiger partial charge in [-0.15, -0.1) is 0 Å². The van der Waals surface area contributed by atoms with Gasteiger partial charge >= 0.3 is 5.97 Å². The molecule has 5 nitrogen and oxygen atoms in total. The van der Waals surface area contributed by atoms with Crippen molar-refractivity contribution in [1.82, 2.24) is 9.88 Å². The predicted octanol–water partition coefficient (Wildman–Crippen LogP) is 2.40. The van der Waals surface area contributed by atoms with Gasteiger partial charge in [0.15, 0.2) is 0 Å². The van der Waals surface area contributed by atoms with Gasteiger partial charge in [-0.25, -0.2) is 4.98 Å². The van der Waals surface area contributed by atoms with Crippen LogP contribution in [-0.2, 0) is 16.1 Å². The molecular weight excluding hydrogens is 268 g/mol. The second-order valence-corrected chi connectivity index (χ2v) is 5.30. The van der Waals surface area contributed by atoms with E-state index < -0.39 is 0 Å². The lowest BCUT2D eigenvalue weighted by Gasteiger charge is -2.35. The molecule has 0 saturated carbocycles. The number of hydrogen-bond donors (Lipinski definition) is 0. The summed E-state index contributed by atoms with van der Waals surface area (Å²) in [5.41, 5.74) is 1.07. The lowest BCUT2D eigenvalue weighted by atomic mass is 9.98. The van der Waals surface area contributed by atoms with Crippen molar-refractivity contribution in [1.29, 1.82) is 0 Å². The summed E-state index contributed by atoms with van der Waals surface area (Å²) in [6, 6.07) is 4.20. The normalized spacial score (nSPS) is 19.2. The minimum atomic E-state index is -0.104. The van der Waals surface area contributed by atoms with Gasteiger partial charge in [0.1, 0.15) is 0 Å². The van der Waals surface area contributed by atoms with E-state index in [1.807, 2.05) is 19.1 Å². The quantitative estimate of drug-likeness (QED) is 0.754. The zero-order chi connectivity index (χ0) is 15.1. The molecule has 0 amide bonds. The third kappa shape index (κ3) is 4.43. The SMILES string of the molecule is CCOC(=O)CC1CCCCN1Cc1cccnc1OC. The molecule has 0 spiro atoms. The summed E-state index contributed by atoms with van der Waals surface area (Å²) in [5, 5.41) is 0. The van der Waals surface area contributed by atoms with E-state index in [-0.39, 0.29) is 12.0 Å². The average molecular weight is 292 g/mol. The molecule has 0 N–H and O–H groups in total. The maximum absolute atomic E-state index is 11.7. The van der Waals surface area contributed by atoms with E-state index >= 15 is 0 Å². The van der Waals surface area contributed by atoms with Crippen molar-refractivity contribution in [3.63, 3.8) is 0 Å². The van der Waals surface area contributed by atoms with Gasteiger partial charge in [-0.3, -0.25) is 9.69 Å². The number of pyridine rings is 1. The molecule has 0 radical (unpaired) electrons. The molecule has 21 heavy (non-hydrogen) atoms. The van der Waals surface area contributed by atoms with Gasteiger partial charge in [0, 0.05) is 24.3 Å². The minimum absolute atomic E-state index is 0.104. The highest BCUT2D eigenvalue weighted by Gasteiger charge is 2.26. The smallest absolute Gasteiger partial charge is 0.307 e. The number of likely N-dealkylation sites (tertiary alicyclic amines) is 1. The van der Waals surface area contributed by atoms with E-state index in [0.717, 1.165) is 25.1 Å². The van der Waals surface area contributed by atoms with Crippen molar-refractivity contribution in [3.05, 3.63) is 23.9 Å². The highest BCUT2D eigenvalue weighted by Crippen LogP contribution is 2.24. The van der Waals surface area contributed by atoms with Gasteiger partial charge < -0.3 is 9.47 Å². The molecule has 0 aromatic carbocycles. The zero-order valence-electron chi connectivity index (χ0n) is 12.9. The lowest BCUT2D eigenvalue weighted by Crippen LogP contribution is -2.40. The number of nitrogens with zero attached hydrogens (tertiary/aromatic N) is 2. The van der Waals surface area contributed by atoms with Gasteiger partial charge in [0.05, 0.1) is 20.1 Å². The van der Waals surface area contributed by atoms with Crippen molar-refractivity contribution < 1.29 is 14.3 Å². The molecule has 1 aromatic heterocycles. The Morgan fingerprint density at radius 3 is 3.10 bits per heavy atom. The number of rotatable bonds is 6. The minimum Gasteiger partial charge on any atom is -0.481 e. The number of piperidine rings is 1. The summed E-state index contributed by atoms with van der Waals surface area (Å²) in [7, 11) is 1.64. The van der Waals surface area contributed by atoms with E-state index in [1.54, 1.807) is 13.3 Å². The van der Waals surface area contributed by atoms with Gasteiger partial charge in [0.25, 0.3) is 0 Å². The summed E-state index contributed by atoms with van der Waals surface area (Å²) < 4.78 is 10.4. The fourth-order valence-corrected chi connectivity index (χ4v) is 2.86. The van der Waals surface area contributed by atoms with E-state index in [9.17, 15) is 4.79 Å². The van der Waals surface area contributed by atoms with Crippen LogP contribution in [0.3, 0.4) is 0 Å². The Hall–Kier alpha value is -1.62. The summed E-state index contributed by atoms with van der Waals surface area (Å²) in [4.78, 5) is 18.3. The first-order chi connectivity index (χ1) is 10.2. The van der Waals surface area contributed by atoms with E-state index in [0.29, 0.717) is 18.9 Å². The van der Waals surface area contributed by atoms with Crippen LogP contribution in [0.2, 0.25) is 0 Å². The van der Waals surface area contributed by atoms with Crippen molar-refractivity contribution in [2.45, 2.75) is 45.2 Å². The molecular formula is C16H24N2O3. The Balaban J connectivity index is 2.03. The zero-order valence-corrected chi connectivity index (χ0v) is 12.9. The van der Waals surface area contributed by atoms with E-state index in [2.05, 4.69) is 9.88 Å². The van der Waals surface area contributed by atoms with Crippen LogP contribution in [0.15, 0.2) is 18.3 Å². The van der Waals surface area contributed by atoms with Gasteiger partial charge in [-0.2, -0.15) is 0 Å². The van der Waals surface area contributed by atoms with Crippen molar-refractivity contribution in [3.8, 4) is 5.88 Å². The molecule has 0 bridgehead atoms. The highest BCUT2D eigenvalue weighted by molar-refractivity contribution is 5.70. The second kappa shape index (κ2) is 7.98. The van der Waals surface area contributed by atoms with Crippen LogP contribution in [0, 0.1) is 0 Å². The fourth-order valence-electron chi connectivity index (χ4n) is 2.86. The van der Waals surface area contributed by atoms with Crippen LogP contribution < -0.4 is 4.74 Å². The summed E-state index contributed by atoms with van der Waals surface area (Å²) in [6.07, 6.45) is 5.58. The largest absolute Gasteiger partial charge is 0.481 e. The monoisotopic (exact) mass is 292 g/mol. The molecule has 1 unspecified atom stereocenters. The van der Waals surface area contributed by atoms with Crippen LogP contribution in [0.1, 0.15) is 38.2 Å². The summed E-state index contributed by atoms with van der Waals surface area (Å²) in [5.74, 6) is 0.561. The van der Waals surface area contributed by atoms with Gasteiger partial charge in [-0.05, 0) is 32.4 Å². The third-order valence-electron chi connectivity index (χ3n) is 3.87. The van der Waals surface area contributed by atoms with Crippen molar-refractivity contribution in [2.75, 3.05) is 20.3 Å². The van der Waals surface area contributed by atoms with Crippen molar-refractivity contribution in [2.24, 2.45) is 0 Å². The molecule has 1 aliphatic heterocycles. The predicted molar refractivity (Wildman–Crippen MR) is 80.1 cm³/mol. The number of aromatic nitrogens is 1. The standard InChI is InChI=1S/C16H24N2O3/c1-3-21-15(19)11-14-8-4-5-10-18(14)12-13-7-6-9-17-16(13)20-2/h6-7,9,14H,3-5,8,10-12H2,1-2H3. The van der Waals surface area contributed by atoms with E-state index in [1.165, 1.54) is 12.8 Å². The van der Waals surface area contributed by atoms with Crippen LogP contribution in [-0.4, -0.2) is 42.2 Å². The lowest BCUT2D eigenvalue weighted by molar-refractivity contribution is -0.145. The first-order valence-electron chi connectivity index (χ1n) is 7.62. The first kappa shape index (κ1) is 15.8. The molecule has 1 fully saturated rings. The Kier molecular flexibility index (Phi) is 5.99. The third-order valence-corrected chi connectivity index (χ3v) is 3.87. The topological polar surface area (TPSA) is 51.7 Å². The molecule has 2 rings (SSSR count). The number of carbonyl (C=O) groups excluding carboxylic acids is 1. The summed E-state index contributed by atoms with van der Waals surface area (Å²) in [6.45, 7) is 4.06. The maximum atomic E-state index is 11.7. The van der Waals surface area contributed by atoms with E-state index in [4.69, 9.17) is 9.47 Å². The molecule has 116 valence electrons. The number of hydrogen-bond acceptors (Lipinski definition) is 5. The molecule has 0 aliphatic carbocycles. The Morgan fingerprint density at radius 2 is 2.33 bits per heavy atom. The summed E-state index contributed by atoms with van der Waals surface area (Å²) >= 11 is 0. The number of methoxy groups -OCH3 is 1. The molecule has 1 atom stereocenters. The molecule has 1 aromatic rings. The molecule has 1 aliphatic rings. The van der Waals surface area contributed by atoms with Crippen LogP contribution >= 0.6 is 0 Å². The van der Waals surface area contributed by atoms with Crippen molar-refractivity contribution >= 4 is 5.97 Å². The Morgan fingerprint density at radius 1 is 1.48 bits per heavy atom. The fraction of sp³-hybridized carbons (Fsp3) is 0.625.